The quantitative estimate of drug-likeness (QED) is 0.938. The van der Waals surface area contributed by atoms with Crippen LogP contribution in [0.5, 0.6) is 0 Å². The highest BCUT2D eigenvalue weighted by Gasteiger charge is 2.16. The highest BCUT2D eigenvalue weighted by atomic mass is 32.2. The summed E-state index contributed by atoms with van der Waals surface area (Å²) in [7, 11) is 0. The minimum atomic E-state index is -1.17. The standard InChI is InChI=1S/C15H12FNO2S/c16-11-7-13(15(18)19)14(17-8-11)20-12-5-4-9-2-1-3-10(9)6-12/h4-8H,1-3H2,(H,18,19). The van der Waals surface area contributed by atoms with Gasteiger partial charge < -0.3 is 5.11 Å². The van der Waals surface area contributed by atoms with Crippen LogP contribution >= 0.6 is 11.8 Å². The monoisotopic (exact) mass is 289 g/mol. The van der Waals surface area contributed by atoms with Crippen LogP contribution in [-0.4, -0.2) is 16.1 Å². The molecule has 1 heterocycles. The number of rotatable bonds is 3. The van der Waals surface area contributed by atoms with E-state index in [0.717, 1.165) is 30.0 Å². The van der Waals surface area contributed by atoms with Crippen LogP contribution in [0, 0.1) is 5.82 Å². The first-order chi connectivity index (χ1) is 9.63. The smallest absolute Gasteiger partial charge is 0.338 e. The highest BCUT2D eigenvalue weighted by Crippen LogP contribution is 2.32. The number of aryl methyl sites for hydroxylation is 2. The zero-order valence-electron chi connectivity index (χ0n) is 10.6. The largest absolute Gasteiger partial charge is 0.478 e. The third-order valence-electron chi connectivity index (χ3n) is 3.33. The van der Waals surface area contributed by atoms with Crippen LogP contribution in [0.25, 0.3) is 0 Å². The number of carboxylic acids is 1. The van der Waals surface area contributed by atoms with Gasteiger partial charge in [0, 0.05) is 4.90 Å². The molecule has 1 aliphatic carbocycles. The van der Waals surface area contributed by atoms with Crippen molar-refractivity contribution in [2.24, 2.45) is 0 Å². The fourth-order valence-electron chi connectivity index (χ4n) is 2.38. The van der Waals surface area contributed by atoms with Gasteiger partial charge in [0.15, 0.2) is 0 Å². The van der Waals surface area contributed by atoms with Crippen molar-refractivity contribution in [1.82, 2.24) is 4.98 Å². The van der Waals surface area contributed by atoms with Crippen molar-refractivity contribution in [3.63, 3.8) is 0 Å². The number of pyridine rings is 1. The van der Waals surface area contributed by atoms with Crippen molar-refractivity contribution in [1.29, 1.82) is 0 Å². The first-order valence-electron chi connectivity index (χ1n) is 6.32. The van der Waals surface area contributed by atoms with Gasteiger partial charge in [0.25, 0.3) is 0 Å². The Kier molecular flexibility index (Phi) is 3.44. The van der Waals surface area contributed by atoms with Gasteiger partial charge in [0.1, 0.15) is 10.8 Å². The lowest BCUT2D eigenvalue weighted by Gasteiger charge is -2.07. The molecule has 0 fully saturated rings. The molecule has 0 unspecified atom stereocenters. The van der Waals surface area contributed by atoms with E-state index in [1.54, 1.807) is 0 Å². The normalized spacial score (nSPS) is 13.2. The number of aromatic carboxylic acids is 1. The van der Waals surface area contributed by atoms with Crippen molar-refractivity contribution < 1.29 is 14.3 Å². The van der Waals surface area contributed by atoms with Gasteiger partial charge in [-0.25, -0.2) is 14.2 Å². The average molecular weight is 289 g/mol. The van der Waals surface area contributed by atoms with Crippen molar-refractivity contribution >= 4 is 17.7 Å². The Bertz CT molecular complexity index is 688. The number of benzene rings is 1. The second kappa shape index (κ2) is 5.25. The Morgan fingerprint density at radius 1 is 1.25 bits per heavy atom. The Morgan fingerprint density at radius 2 is 2.05 bits per heavy atom. The third-order valence-corrected chi connectivity index (χ3v) is 4.34. The predicted octanol–water partition coefficient (Wildman–Crippen LogP) is 3.56. The maximum absolute atomic E-state index is 13.1. The number of hydrogen-bond acceptors (Lipinski definition) is 3. The molecule has 0 amide bonds. The van der Waals surface area contributed by atoms with Crippen molar-refractivity contribution in [3.05, 3.63) is 53.0 Å². The molecule has 0 bridgehead atoms. The zero-order chi connectivity index (χ0) is 14.1. The number of fused-ring (bicyclic) bond motifs is 1. The lowest BCUT2D eigenvalue weighted by atomic mass is 10.1. The Labute approximate surface area is 119 Å². The fourth-order valence-corrected chi connectivity index (χ4v) is 3.31. The summed E-state index contributed by atoms with van der Waals surface area (Å²) in [5.41, 5.74) is 2.57. The summed E-state index contributed by atoms with van der Waals surface area (Å²) >= 11 is 1.26. The molecule has 0 atom stereocenters. The van der Waals surface area contributed by atoms with E-state index in [9.17, 15) is 9.18 Å². The Balaban J connectivity index is 1.93. The summed E-state index contributed by atoms with van der Waals surface area (Å²) in [6, 6.07) is 7.12. The summed E-state index contributed by atoms with van der Waals surface area (Å²) in [4.78, 5) is 16.0. The minimum absolute atomic E-state index is 0.101. The summed E-state index contributed by atoms with van der Waals surface area (Å²) in [6.07, 6.45) is 4.38. The number of halogens is 1. The van der Waals surface area contributed by atoms with E-state index in [0.29, 0.717) is 5.03 Å². The molecule has 20 heavy (non-hydrogen) atoms. The molecule has 102 valence electrons. The molecule has 5 heteroatoms. The van der Waals surface area contributed by atoms with Crippen LogP contribution in [-0.2, 0) is 12.8 Å². The van der Waals surface area contributed by atoms with Gasteiger partial charge in [-0.2, -0.15) is 0 Å². The van der Waals surface area contributed by atoms with E-state index in [4.69, 9.17) is 5.11 Å². The molecule has 1 aliphatic rings. The van der Waals surface area contributed by atoms with Gasteiger partial charge in [-0.15, -0.1) is 0 Å². The van der Waals surface area contributed by atoms with Crippen molar-refractivity contribution in [2.75, 3.05) is 0 Å². The fraction of sp³-hybridized carbons (Fsp3) is 0.200. The van der Waals surface area contributed by atoms with Gasteiger partial charge in [-0.1, -0.05) is 17.8 Å². The summed E-state index contributed by atoms with van der Waals surface area (Å²) in [5, 5.41) is 9.42. The number of hydrogen-bond donors (Lipinski definition) is 1. The maximum Gasteiger partial charge on any atom is 0.338 e. The van der Waals surface area contributed by atoms with E-state index in [1.165, 1.54) is 29.3 Å². The second-order valence-electron chi connectivity index (χ2n) is 4.70. The molecular weight excluding hydrogens is 277 g/mol. The molecule has 1 aromatic heterocycles. The Hall–Kier alpha value is -1.88. The minimum Gasteiger partial charge on any atom is -0.478 e. The van der Waals surface area contributed by atoms with Crippen LogP contribution in [0.3, 0.4) is 0 Å². The van der Waals surface area contributed by atoms with E-state index in [1.807, 2.05) is 6.07 Å². The predicted molar refractivity (Wildman–Crippen MR) is 73.7 cm³/mol. The number of nitrogens with zero attached hydrogens (tertiary/aromatic N) is 1. The van der Waals surface area contributed by atoms with Gasteiger partial charge in [-0.3, -0.25) is 0 Å². The molecule has 1 N–H and O–H groups in total. The van der Waals surface area contributed by atoms with Crippen LogP contribution in [0.1, 0.15) is 27.9 Å². The number of aromatic nitrogens is 1. The second-order valence-corrected chi connectivity index (χ2v) is 5.76. The van der Waals surface area contributed by atoms with Gasteiger partial charge in [-0.05, 0) is 48.6 Å². The lowest BCUT2D eigenvalue weighted by molar-refractivity contribution is 0.0691. The summed E-state index contributed by atoms with van der Waals surface area (Å²) in [5.74, 6) is -1.80. The molecule has 0 saturated heterocycles. The van der Waals surface area contributed by atoms with Gasteiger partial charge in [0.05, 0.1) is 11.8 Å². The molecule has 1 aromatic carbocycles. The molecule has 0 saturated carbocycles. The molecule has 3 rings (SSSR count). The topological polar surface area (TPSA) is 50.2 Å². The highest BCUT2D eigenvalue weighted by molar-refractivity contribution is 7.99. The van der Waals surface area contributed by atoms with Crippen molar-refractivity contribution in [3.8, 4) is 0 Å². The van der Waals surface area contributed by atoms with E-state index in [2.05, 4.69) is 17.1 Å². The zero-order valence-corrected chi connectivity index (χ0v) is 11.4. The summed E-state index contributed by atoms with van der Waals surface area (Å²) in [6.45, 7) is 0. The van der Waals surface area contributed by atoms with E-state index >= 15 is 0 Å². The molecule has 0 radical (unpaired) electrons. The maximum atomic E-state index is 13.1. The average Bonchev–Trinajstić information content (AvgIpc) is 2.88. The van der Waals surface area contributed by atoms with Crippen molar-refractivity contribution in [2.45, 2.75) is 29.2 Å². The van der Waals surface area contributed by atoms with Crippen LogP contribution in [0.15, 0.2) is 40.4 Å². The van der Waals surface area contributed by atoms with Crippen LogP contribution in [0.2, 0.25) is 0 Å². The SMILES string of the molecule is O=C(O)c1cc(F)cnc1Sc1ccc2c(c1)CCC2. The molecule has 0 aliphatic heterocycles. The summed E-state index contributed by atoms with van der Waals surface area (Å²) < 4.78 is 13.1. The van der Waals surface area contributed by atoms with Gasteiger partial charge in [0.2, 0.25) is 0 Å². The van der Waals surface area contributed by atoms with Crippen LogP contribution < -0.4 is 0 Å². The first kappa shape index (κ1) is 13.1. The molecule has 3 nitrogen and oxygen atoms in total. The molecule has 0 spiro atoms. The van der Waals surface area contributed by atoms with E-state index < -0.39 is 11.8 Å². The van der Waals surface area contributed by atoms with E-state index in [-0.39, 0.29) is 5.56 Å². The van der Waals surface area contributed by atoms with Gasteiger partial charge >= 0.3 is 5.97 Å². The van der Waals surface area contributed by atoms with Crippen LogP contribution in [0.4, 0.5) is 4.39 Å². The third kappa shape index (κ3) is 2.54. The lowest BCUT2D eigenvalue weighted by Crippen LogP contribution is -2.01. The number of carbonyl (C=O) groups is 1. The molecular formula is C15H12FNO2S. The number of carboxylic acid groups (broad SMARTS) is 1. The first-order valence-corrected chi connectivity index (χ1v) is 7.13. The Morgan fingerprint density at radius 3 is 2.85 bits per heavy atom. The molecule has 2 aromatic rings.